The van der Waals surface area contributed by atoms with Crippen LogP contribution in [0.5, 0.6) is 0 Å². The zero-order chi connectivity index (χ0) is 9.68. The highest BCUT2D eigenvalue weighted by molar-refractivity contribution is 5.74. The molecule has 0 amide bonds. The molecule has 1 rings (SSSR count). The summed E-state index contributed by atoms with van der Waals surface area (Å²) in [5.74, 6) is 0. The van der Waals surface area contributed by atoms with Gasteiger partial charge in [0.2, 0.25) is 0 Å². The lowest BCUT2D eigenvalue weighted by atomic mass is 10.1. The molecule has 0 aliphatic carbocycles. The van der Waals surface area contributed by atoms with Crippen LogP contribution in [0, 0.1) is 0 Å². The van der Waals surface area contributed by atoms with Gasteiger partial charge in [0.05, 0.1) is 5.69 Å². The standard InChI is InChI=1S/C9H12N2O2/c10-8(2-4-12)9-5-7(6-13)1-3-11-9/h1,3,5-6,8,12H,2,4,10H2. The highest BCUT2D eigenvalue weighted by Crippen LogP contribution is 2.11. The van der Waals surface area contributed by atoms with Gasteiger partial charge in [-0.05, 0) is 18.6 Å². The van der Waals surface area contributed by atoms with Gasteiger partial charge in [-0.3, -0.25) is 9.78 Å². The first-order valence-electron chi connectivity index (χ1n) is 4.05. The Labute approximate surface area is 76.4 Å². The number of pyridine rings is 1. The molecular formula is C9H12N2O2. The zero-order valence-electron chi connectivity index (χ0n) is 7.18. The van der Waals surface area contributed by atoms with E-state index in [1.807, 2.05) is 0 Å². The van der Waals surface area contributed by atoms with Crippen LogP contribution < -0.4 is 5.73 Å². The largest absolute Gasteiger partial charge is 0.396 e. The summed E-state index contributed by atoms with van der Waals surface area (Å²) in [5, 5.41) is 8.65. The molecule has 0 saturated heterocycles. The van der Waals surface area contributed by atoms with E-state index in [9.17, 15) is 4.79 Å². The maximum absolute atomic E-state index is 10.4. The second-order valence-corrected chi connectivity index (χ2v) is 2.75. The molecule has 3 N–H and O–H groups in total. The molecule has 1 heterocycles. The predicted octanol–water partition coefficient (Wildman–Crippen LogP) is 0.276. The fraction of sp³-hybridized carbons (Fsp3) is 0.333. The van der Waals surface area contributed by atoms with E-state index < -0.39 is 0 Å². The molecule has 1 aromatic rings. The number of rotatable bonds is 4. The topological polar surface area (TPSA) is 76.2 Å². The molecule has 1 atom stereocenters. The first-order valence-corrected chi connectivity index (χ1v) is 4.05. The van der Waals surface area contributed by atoms with Gasteiger partial charge in [-0.1, -0.05) is 0 Å². The van der Waals surface area contributed by atoms with Gasteiger partial charge in [0.15, 0.2) is 0 Å². The van der Waals surface area contributed by atoms with Gasteiger partial charge in [0.25, 0.3) is 0 Å². The van der Waals surface area contributed by atoms with E-state index in [0.717, 1.165) is 6.29 Å². The quantitative estimate of drug-likeness (QED) is 0.652. The molecular weight excluding hydrogens is 168 g/mol. The molecule has 13 heavy (non-hydrogen) atoms. The Morgan fingerprint density at radius 1 is 1.69 bits per heavy atom. The molecule has 0 fully saturated rings. The van der Waals surface area contributed by atoms with Crippen LogP contribution in [-0.2, 0) is 0 Å². The van der Waals surface area contributed by atoms with Crippen LogP contribution in [0.1, 0.15) is 28.5 Å². The molecule has 4 nitrogen and oxygen atoms in total. The van der Waals surface area contributed by atoms with Gasteiger partial charge < -0.3 is 10.8 Å². The highest BCUT2D eigenvalue weighted by atomic mass is 16.3. The van der Waals surface area contributed by atoms with Crippen LogP contribution in [0.25, 0.3) is 0 Å². The molecule has 70 valence electrons. The Kier molecular flexibility index (Phi) is 3.54. The van der Waals surface area contributed by atoms with E-state index in [2.05, 4.69) is 4.98 Å². The molecule has 0 spiro atoms. The Morgan fingerprint density at radius 2 is 2.46 bits per heavy atom. The van der Waals surface area contributed by atoms with E-state index in [1.54, 1.807) is 12.1 Å². The van der Waals surface area contributed by atoms with Crippen molar-refractivity contribution >= 4 is 6.29 Å². The van der Waals surface area contributed by atoms with Gasteiger partial charge in [0.1, 0.15) is 6.29 Å². The lowest BCUT2D eigenvalue weighted by molar-refractivity contribution is 0.112. The molecule has 4 heteroatoms. The molecule has 0 saturated carbocycles. The molecule has 0 radical (unpaired) electrons. The normalized spacial score (nSPS) is 12.5. The average molecular weight is 180 g/mol. The fourth-order valence-corrected chi connectivity index (χ4v) is 1.03. The van der Waals surface area contributed by atoms with Crippen molar-refractivity contribution in [3.8, 4) is 0 Å². The maximum atomic E-state index is 10.4. The number of hydrogen-bond acceptors (Lipinski definition) is 4. The second-order valence-electron chi connectivity index (χ2n) is 2.75. The minimum absolute atomic E-state index is 0.0220. The lowest BCUT2D eigenvalue weighted by Crippen LogP contribution is -2.13. The SMILES string of the molecule is NC(CCO)c1cc(C=O)ccn1. The molecule has 0 bridgehead atoms. The number of aliphatic hydroxyl groups is 1. The number of carbonyl (C=O) groups excluding carboxylic acids is 1. The van der Waals surface area contributed by atoms with Crippen LogP contribution in [0.2, 0.25) is 0 Å². The van der Waals surface area contributed by atoms with Crippen LogP contribution in [0.3, 0.4) is 0 Å². The van der Waals surface area contributed by atoms with E-state index in [0.29, 0.717) is 17.7 Å². The maximum Gasteiger partial charge on any atom is 0.150 e. The van der Waals surface area contributed by atoms with Crippen molar-refractivity contribution in [1.82, 2.24) is 4.98 Å². The van der Waals surface area contributed by atoms with E-state index >= 15 is 0 Å². The Balaban J connectivity index is 2.81. The van der Waals surface area contributed by atoms with Crippen molar-refractivity contribution in [3.63, 3.8) is 0 Å². The van der Waals surface area contributed by atoms with Gasteiger partial charge in [-0.15, -0.1) is 0 Å². The summed E-state index contributed by atoms with van der Waals surface area (Å²) in [5.41, 5.74) is 6.88. The lowest BCUT2D eigenvalue weighted by Gasteiger charge is -2.08. The van der Waals surface area contributed by atoms with Crippen LogP contribution in [-0.4, -0.2) is 23.0 Å². The van der Waals surface area contributed by atoms with Crippen molar-refractivity contribution < 1.29 is 9.90 Å². The van der Waals surface area contributed by atoms with Crippen molar-refractivity contribution in [2.24, 2.45) is 5.73 Å². The van der Waals surface area contributed by atoms with Crippen LogP contribution in [0.15, 0.2) is 18.3 Å². The number of aliphatic hydroxyl groups excluding tert-OH is 1. The van der Waals surface area contributed by atoms with Gasteiger partial charge in [-0.25, -0.2) is 0 Å². The summed E-state index contributed by atoms with van der Waals surface area (Å²) in [6.07, 6.45) is 2.74. The molecule has 0 aliphatic heterocycles. The number of aldehydes is 1. The van der Waals surface area contributed by atoms with Gasteiger partial charge >= 0.3 is 0 Å². The number of nitrogens with two attached hydrogens (primary N) is 1. The van der Waals surface area contributed by atoms with Gasteiger partial charge in [-0.2, -0.15) is 0 Å². The third kappa shape index (κ3) is 2.61. The fourth-order valence-electron chi connectivity index (χ4n) is 1.03. The molecule has 0 aromatic carbocycles. The Hall–Kier alpha value is -1.26. The molecule has 0 aliphatic rings. The summed E-state index contributed by atoms with van der Waals surface area (Å²) in [6, 6.07) is 2.94. The summed E-state index contributed by atoms with van der Waals surface area (Å²) in [6.45, 7) is 0.0220. The van der Waals surface area contributed by atoms with E-state index in [-0.39, 0.29) is 12.6 Å². The van der Waals surface area contributed by atoms with Crippen LogP contribution in [0.4, 0.5) is 0 Å². The number of aromatic nitrogens is 1. The first-order chi connectivity index (χ1) is 6.27. The van der Waals surface area contributed by atoms with Crippen LogP contribution >= 0.6 is 0 Å². The number of carbonyl (C=O) groups is 1. The highest BCUT2D eigenvalue weighted by Gasteiger charge is 2.06. The summed E-state index contributed by atoms with van der Waals surface area (Å²) >= 11 is 0. The third-order valence-electron chi connectivity index (χ3n) is 1.76. The number of nitrogens with zero attached hydrogens (tertiary/aromatic N) is 1. The molecule has 1 unspecified atom stereocenters. The summed E-state index contributed by atoms with van der Waals surface area (Å²) < 4.78 is 0. The minimum Gasteiger partial charge on any atom is -0.396 e. The van der Waals surface area contributed by atoms with Crippen molar-refractivity contribution in [2.45, 2.75) is 12.5 Å². The summed E-state index contributed by atoms with van der Waals surface area (Å²) in [7, 11) is 0. The zero-order valence-corrected chi connectivity index (χ0v) is 7.18. The first kappa shape index (κ1) is 9.83. The van der Waals surface area contributed by atoms with Crippen molar-refractivity contribution in [1.29, 1.82) is 0 Å². The predicted molar refractivity (Wildman–Crippen MR) is 48.3 cm³/mol. The van der Waals surface area contributed by atoms with E-state index in [1.165, 1.54) is 6.20 Å². The molecule has 1 aromatic heterocycles. The third-order valence-corrected chi connectivity index (χ3v) is 1.76. The number of hydrogen-bond donors (Lipinski definition) is 2. The minimum atomic E-state index is -0.301. The Morgan fingerprint density at radius 3 is 3.08 bits per heavy atom. The van der Waals surface area contributed by atoms with Gasteiger partial charge in [0, 0.05) is 24.4 Å². The smallest absolute Gasteiger partial charge is 0.150 e. The van der Waals surface area contributed by atoms with Crippen molar-refractivity contribution in [3.05, 3.63) is 29.6 Å². The summed E-state index contributed by atoms with van der Waals surface area (Å²) in [4.78, 5) is 14.4. The average Bonchev–Trinajstić information content (AvgIpc) is 2.18. The van der Waals surface area contributed by atoms with E-state index in [4.69, 9.17) is 10.8 Å². The second kappa shape index (κ2) is 4.69. The Bertz CT molecular complexity index is 289. The monoisotopic (exact) mass is 180 g/mol. The van der Waals surface area contributed by atoms with Crippen molar-refractivity contribution in [2.75, 3.05) is 6.61 Å².